The van der Waals surface area contributed by atoms with Crippen molar-refractivity contribution in [2.75, 3.05) is 10.6 Å². The maximum atomic E-state index is 13.3. The Kier molecular flexibility index (Phi) is 7.03. The predicted octanol–water partition coefficient (Wildman–Crippen LogP) is 5.53. The Morgan fingerprint density at radius 2 is 1.70 bits per heavy atom. The lowest BCUT2D eigenvalue weighted by Gasteiger charge is -2.17. The molecule has 0 aliphatic carbocycles. The van der Waals surface area contributed by atoms with E-state index in [0.717, 1.165) is 0 Å². The van der Waals surface area contributed by atoms with Gasteiger partial charge in [0, 0.05) is 16.9 Å². The van der Waals surface area contributed by atoms with E-state index in [9.17, 15) is 14.0 Å². The molecule has 3 aromatic carbocycles. The van der Waals surface area contributed by atoms with Crippen LogP contribution in [0.15, 0.2) is 72.8 Å². The first kappa shape index (κ1) is 21.3. The fraction of sp³-hybridized carbons (Fsp3) is 0.130. The highest BCUT2D eigenvalue weighted by Crippen LogP contribution is 2.21. The summed E-state index contributed by atoms with van der Waals surface area (Å²) in [6.45, 7) is 1.85. The van der Waals surface area contributed by atoms with Crippen molar-refractivity contribution < 1.29 is 18.7 Å². The Morgan fingerprint density at radius 1 is 0.967 bits per heavy atom. The smallest absolute Gasteiger partial charge is 0.265 e. The van der Waals surface area contributed by atoms with Crippen LogP contribution in [0, 0.1) is 5.82 Å². The number of benzene rings is 3. The molecule has 0 saturated heterocycles. The lowest BCUT2D eigenvalue weighted by Crippen LogP contribution is -2.32. The van der Waals surface area contributed by atoms with E-state index < -0.39 is 17.8 Å². The first-order valence-corrected chi connectivity index (χ1v) is 9.73. The molecule has 154 valence electrons. The van der Waals surface area contributed by atoms with Gasteiger partial charge in [0.1, 0.15) is 11.6 Å². The van der Waals surface area contributed by atoms with E-state index in [0.29, 0.717) is 29.1 Å². The van der Waals surface area contributed by atoms with Crippen LogP contribution in [0.2, 0.25) is 5.02 Å². The highest BCUT2D eigenvalue weighted by atomic mass is 35.5. The SMILES string of the molecule is CCC(Oc1ccccc1)C(=O)Nc1cccc(C(=O)Nc2ccc(F)c(Cl)c2)c1. The summed E-state index contributed by atoms with van der Waals surface area (Å²) < 4.78 is 19.0. The minimum atomic E-state index is -0.675. The fourth-order valence-corrected chi connectivity index (χ4v) is 2.90. The van der Waals surface area contributed by atoms with E-state index in [2.05, 4.69) is 10.6 Å². The van der Waals surface area contributed by atoms with Gasteiger partial charge in [-0.15, -0.1) is 0 Å². The number of amides is 2. The van der Waals surface area contributed by atoms with Crippen LogP contribution in [0.5, 0.6) is 5.75 Å². The standard InChI is InChI=1S/C23H20ClFN2O3/c1-2-21(30-18-9-4-3-5-10-18)23(29)27-16-8-6-7-15(13-16)22(28)26-17-11-12-20(25)19(24)14-17/h3-14,21H,2H2,1H3,(H,26,28)(H,27,29). The van der Waals surface area contributed by atoms with Gasteiger partial charge < -0.3 is 15.4 Å². The van der Waals surface area contributed by atoms with Crippen LogP contribution in [0.4, 0.5) is 15.8 Å². The van der Waals surface area contributed by atoms with Gasteiger partial charge in [0.25, 0.3) is 11.8 Å². The Hall–Kier alpha value is -3.38. The first-order valence-electron chi connectivity index (χ1n) is 9.35. The van der Waals surface area contributed by atoms with Gasteiger partial charge in [-0.2, -0.15) is 0 Å². The number of hydrogen-bond acceptors (Lipinski definition) is 3. The van der Waals surface area contributed by atoms with Crippen molar-refractivity contribution in [3.63, 3.8) is 0 Å². The average Bonchev–Trinajstić information content (AvgIpc) is 2.75. The zero-order valence-corrected chi connectivity index (χ0v) is 16.9. The third kappa shape index (κ3) is 5.58. The van der Waals surface area contributed by atoms with Gasteiger partial charge in [-0.3, -0.25) is 9.59 Å². The number of carbonyl (C=O) groups excluding carboxylic acids is 2. The monoisotopic (exact) mass is 426 g/mol. The Morgan fingerprint density at radius 3 is 2.40 bits per heavy atom. The van der Waals surface area contributed by atoms with Crippen LogP contribution in [0.25, 0.3) is 0 Å². The summed E-state index contributed by atoms with van der Waals surface area (Å²) in [5.74, 6) is -0.696. The largest absolute Gasteiger partial charge is 0.481 e. The molecule has 0 heterocycles. The summed E-state index contributed by atoms with van der Waals surface area (Å²) in [7, 11) is 0. The Bertz CT molecular complexity index is 1040. The van der Waals surface area contributed by atoms with E-state index in [1.54, 1.807) is 36.4 Å². The van der Waals surface area contributed by atoms with E-state index in [1.807, 2.05) is 25.1 Å². The molecule has 3 aromatic rings. The molecule has 30 heavy (non-hydrogen) atoms. The third-order valence-electron chi connectivity index (χ3n) is 4.25. The maximum Gasteiger partial charge on any atom is 0.265 e. The number of para-hydroxylation sites is 1. The normalized spacial score (nSPS) is 11.4. The molecule has 3 rings (SSSR count). The van der Waals surface area contributed by atoms with Gasteiger partial charge in [-0.1, -0.05) is 42.8 Å². The molecule has 0 spiro atoms. The van der Waals surface area contributed by atoms with Crippen molar-refractivity contribution in [1.82, 2.24) is 0 Å². The second-order valence-electron chi connectivity index (χ2n) is 6.48. The topological polar surface area (TPSA) is 67.4 Å². The van der Waals surface area contributed by atoms with E-state index in [4.69, 9.17) is 16.3 Å². The van der Waals surface area contributed by atoms with Gasteiger partial charge in [0.15, 0.2) is 6.10 Å². The number of rotatable bonds is 7. The molecule has 0 saturated carbocycles. The number of hydrogen-bond donors (Lipinski definition) is 2. The van der Waals surface area contributed by atoms with Gasteiger partial charge >= 0.3 is 0 Å². The molecule has 1 atom stereocenters. The Balaban J connectivity index is 1.67. The number of ether oxygens (including phenoxy) is 1. The zero-order valence-electron chi connectivity index (χ0n) is 16.2. The van der Waals surface area contributed by atoms with Gasteiger partial charge in [-0.25, -0.2) is 4.39 Å². The molecule has 2 amide bonds. The summed E-state index contributed by atoms with van der Waals surface area (Å²) in [4.78, 5) is 25.1. The van der Waals surface area contributed by atoms with E-state index >= 15 is 0 Å². The molecule has 0 bridgehead atoms. The average molecular weight is 427 g/mol. The van der Waals surface area contributed by atoms with Crippen LogP contribution in [-0.2, 0) is 4.79 Å². The van der Waals surface area contributed by atoms with Gasteiger partial charge in [0.2, 0.25) is 0 Å². The highest BCUT2D eigenvalue weighted by Gasteiger charge is 2.19. The number of nitrogens with one attached hydrogen (secondary N) is 2. The van der Waals surface area contributed by atoms with Crippen LogP contribution < -0.4 is 15.4 Å². The van der Waals surface area contributed by atoms with Gasteiger partial charge in [-0.05, 0) is 55.0 Å². The molecule has 0 aliphatic rings. The van der Waals surface area contributed by atoms with E-state index in [-0.39, 0.29) is 10.9 Å². The van der Waals surface area contributed by atoms with Crippen molar-refractivity contribution in [1.29, 1.82) is 0 Å². The van der Waals surface area contributed by atoms with Crippen LogP contribution in [-0.4, -0.2) is 17.9 Å². The van der Waals surface area contributed by atoms with Crippen LogP contribution in [0.3, 0.4) is 0 Å². The lowest BCUT2D eigenvalue weighted by molar-refractivity contribution is -0.122. The van der Waals surface area contributed by atoms with E-state index in [1.165, 1.54) is 18.2 Å². The van der Waals surface area contributed by atoms with Crippen molar-refractivity contribution >= 4 is 34.8 Å². The second-order valence-corrected chi connectivity index (χ2v) is 6.89. The lowest BCUT2D eigenvalue weighted by atomic mass is 10.1. The molecular formula is C23H20ClFN2O3. The van der Waals surface area contributed by atoms with Gasteiger partial charge in [0.05, 0.1) is 5.02 Å². The predicted molar refractivity (Wildman–Crippen MR) is 116 cm³/mol. The Labute approximate surface area is 178 Å². The molecule has 5 nitrogen and oxygen atoms in total. The third-order valence-corrected chi connectivity index (χ3v) is 4.54. The summed E-state index contributed by atoms with van der Waals surface area (Å²) in [6.07, 6.45) is -0.196. The minimum Gasteiger partial charge on any atom is -0.481 e. The molecule has 2 N–H and O–H groups in total. The van der Waals surface area contributed by atoms with Crippen molar-refractivity contribution in [3.05, 3.63) is 89.2 Å². The second kappa shape index (κ2) is 9.89. The molecule has 0 radical (unpaired) electrons. The maximum absolute atomic E-state index is 13.3. The first-order chi connectivity index (χ1) is 14.5. The number of anilines is 2. The van der Waals surface area contributed by atoms with Crippen LogP contribution >= 0.6 is 11.6 Å². The number of halogens is 2. The summed E-state index contributed by atoms with van der Waals surface area (Å²) >= 11 is 5.74. The van der Waals surface area contributed by atoms with Crippen molar-refractivity contribution in [2.45, 2.75) is 19.4 Å². The molecule has 0 fully saturated rings. The molecule has 1 unspecified atom stereocenters. The molecule has 7 heteroatoms. The fourth-order valence-electron chi connectivity index (χ4n) is 2.72. The quantitative estimate of drug-likeness (QED) is 0.522. The highest BCUT2D eigenvalue weighted by molar-refractivity contribution is 6.31. The summed E-state index contributed by atoms with van der Waals surface area (Å²) in [5, 5.41) is 5.33. The van der Waals surface area contributed by atoms with Crippen molar-refractivity contribution in [2.24, 2.45) is 0 Å². The summed E-state index contributed by atoms with van der Waals surface area (Å²) in [6, 6.07) is 19.5. The molecular weight excluding hydrogens is 407 g/mol. The summed E-state index contributed by atoms with van der Waals surface area (Å²) in [5.41, 5.74) is 1.15. The van der Waals surface area contributed by atoms with Crippen molar-refractivity contribution in [3.8, 4) is 5.75 Å². The number of carbonyl (C=O) groups is 2. The minimum absolute atomic E-state index is 0.0853. The molecule has 0 aromatic heterocycles. The molecule has 0 aliphatic heterocycles. The zero-order chi connectivity index (χ0) is 21.5. The van der Waals surface area contributed by atoms with Crippen LogP contribution in [0.1, 0.15) is 23.7 Å².